The number of unbranched alkanes of at least 4 members (excludes halogenated alkanes) is 1. The van der Waals surface area contributed by atoms with Crippen LogP contribution in [0.1, 0.15) is 40.0 Å². The fourth-order valence-electron chi connectivity index (χ4n) is 1.14. The zero-order valence-corrected chi connectivity index (χ0v) is 9.01. The van der Waals surface area contributed by atoms with E-state index in [2.05, 4.69) is 32.7 Å². The number of hydrogen-bond donors (Lipinski definition) is 1. The molecule has 0 aromatic heterocycles. The summed E-state index contributed by atoms with van der Waals surface area (Å²) >= 11 is 0. The number of nitrogens with two attached hydrogens (primary N) is 1. The minimum atomic E-state index is 0.359. The van der Waals surface area contributed by atoms with Gasteiger partial charge in [-0.3, -0.25) is 0 Å². The van der Waals surface area contributed by atoms with E-state index in [4.69, 9.17) is 5.73 Å². The van der Waals surface area contributed by atoms with Crippen LogP contribution < -0.4 is 5.73 Å². The average molecular weight is 172 g/mol. The first-order valence-corrected chi connectivity index (χ1v) is 5.03. The molecule has 0 fully saturated rings. The fourth-order valence-corrected chi connectivity index (χ4v) is 1.14. The van der Waals surface area contributed by atoms with E-state index in [1.165, 1.54) is 12.8 Å². The Morgan fingerprint density at radius 3 is 2.33 bits per heavy atom. The summed E-state index contributed by atoms with van der Waals surface area (Å²) < 4.78 is 0. The summed E-state index contributed by atoms with van der Waals surface area (Å²) in [7, 11) is 2.14. The lowest BCUT2D eigenvalue weighted by atomic mass is 10.1. The van der Waals surface area contributed by atoms with Crippen molar-refractivity contribution < 1.29 is 0 Å². The van der Waals surface area contributed by atoms with Crippen LogP contribution in [-0.4, -0.2) is 30.6 Å². The molecule has 0 aliphatic carbocycles. The summed E-state index contributed by atoms with van der Waals surface area (Å²) in [5.41, 5.74) is 5.96. The van der Waals surface area contributed by atoms with Gasteiger partial charge < -0.3 is 10.6 Å². The molecule has 0 radical (unpaired) electrons. The Morgan fingerprint density at radius 1 is 1.33 bits per heavy atom. The summed E-state index contributed by atoms with van der Waals surface area (Å²) in [5.74, 6) is 0. The Balaban J connectivity index is 3.47. The standard InChI is InChI=1S/C10H24N2/c1-5-6-7-10(11)8-12(4)9(2)3/h9-10H,5-8,11H2,1-4H3. The third-order valence-corrected chi connectivity index (χ3v) is 2.33. The number of nitrogens with zero attached hydrogens (tertiary/aromatic N) is 1. The maximum Gasteiger partial charge on any atom is 0.0167 e. The first-order chi connectivity index (χ1) is 5.57. The Kier molecular flexibility index (Phi) is 6.39. The summed E-state index contributed by atoms with van der Waals surface area (Å²) in [6, 6.07) is 0.968. The number of hydrogen-bond acceptors (Lipinski definition) is 2. The predicted octanol–water partition coefficient (Wildman–Crippen LogP) is 1.84. The molecule has 0 amide bonds. The molecule has 1 unspecified atom stereocenters. The molecule has 0 heterocycles. The quantitative estimate of drug-likeness (QED) is 0.662. The lowest BCUT2D eigenvalue weighted by Crippen LogP contribution is -2.38. The molecule has 2 nitrogen and oxygen atoms in total. The van der Waals surface area contributed by atoms with E-state index >= 15 is 0 Å². The summed E-state index contributed by atoms with van der Waals surface area (Å²) in [6.45, 7) is 7.63. The number of rotatable bonds is 6. The third-order valence-electron chi connectivity index (χ3n) is 2.33. The van der Waals surface area contributed by atoms with Crippen LogP contribution in [0.3, 0.4) is 0 Å². The van der Waals surface area contributed by atoms with Gasteiger partial charge in [-0.15, -0.1) is 0 Å². The molecule has 12 heavy (non-hydrogen) atoms. The second-order valence-corrected chi connectivity index (χ2v) is 3.94. The summed E-state index contributed by atoms with van der Waals surface area (Å²) in [5, 5.41) is 0. The van der Waals surface area contributed by atoms with Crippen molar-refractivity contribution in [3.05, 3.63) is 0 Å². The monoisotopic (exact) mass is 172 g/mol. The smallest absolute Gasteiger partial charge is 0.0167 e. The van der Waals surface area contributed by atoms with Crippen molar-refractivity contribution in [1.29, 1.82) is 0 Å². The van der Waals surface area contributed by atoms with Crippen LogP contribution in [0.25, 0.3) is 0 Å². The van der Waals surface area contributed by atoms with E-state index in [0.717, 1.165) is 13.0 Å². The lowest BCUT2D eigenvalue weighted by molar-refractivity contribution is 0.251. The normalized spacial score (nSPS) is 14.2. The topological polar surface area (TPSA) is 29.3 Å². The molecule has 0 saturated heterocycles. The third kappa shape index (κ3) is 5.56. The van der Waals surface area contributed by atoms with Gasteiger partial charge in [0.25, 0.3) is 0 Å². The van der Waals surface area contributed by atoms with Gasteiger partial charge in [-0.25, -0.2) is 0 Å². The average Bonchev–Trinajstić information content (AvgIpc) is 2.00. The maximum atomic E-state index is 5.96. The Morgan fingerprint density at radius 2 is 1.92 bits per heavy atom. The van der Waals surface area contributed by atoms with Crippen molar-refractivity contribution in [1.82, 2.24) is 4.90 Å². The van der Waals surface area contributed by atoms with Gasteiger partial charge in [-0.2, -0.15) is 0 Å². The van der Waals surface area contributed by atoms with Crippen LogP contribution in [0.2, 0.25) is 0 Å². The van der Waals surface area contributed by atoms with E-state index in [1.54, 1.807) is 0 Å². The Hall–Kier alpha value is -0.0800. The van der Waals surface area contributed by atoms with Crippen LogP contribution in [-0.2, 0) is 0 Å². The molecule has 0 saturated carbocycles. The second-order valence-electron chi connectivity index (χ2n) is 3.94. The van der Waals surface area contributed by atoms with E-state index in [9.17, 15) is 0 Å². The minimum absolute atomic E-state index is 0.359. The van der Waals surface area contributed by atoms with Gasteiger partial charge in [0.2, 0.25) is 0 Å². The zero-order valence-electron chi connectivity index (χ0n) is 9.01. The van der Waals surface area contributed by atoms with Crippen LogP contribution >= 0.6 is 0 Å². The Bertz CT molecular complexity index is 102. The molecule has 0 aliphatic rings. The highest BCUT2D eigenvalue weighted by Crippen LogP contribution is 2.01. The molecule has 2 heteroatoms. The molecule has 0 aliphatic heterocycles. The highest BCUT2D eigenvalue weighted by Gasteiger charge is 2.08. The van der Waals surface area contributed by atoms with Gasteiger partial charge in [0.15, 0.2) is 0 Å². The molecular weight excluding hydrogens is 148 g/mol. The van der Waals surface area contributed by atoms with Crippen LogP contribution in [0, 0.1) is 0 Å². The summed E-state index contributed by atoms with van der Waals surface area (Å²) in [4.78, 5) is 2.31. The molecule has 0 bridgehead atoms. The van der Waals surface area contributed by atoms with Crippen molar-refractivity contribution >= 4 is 0 Å². The van der Waals surface area contributed by atoms with Gasteiger partial charge in [0.1, 0.15) is 0 Å². The van der Waals surface area contributed by atoms with Crippen molar-refractivity contribution in [3.63, 3.8) is 0 Å². The van der Waals surface area contributed by atoms with E-state index in [-0.39, 0.29) is 0 Å². The molecule has 0 spiro atoms. The first-order valence-electron chi connectivity index (χ1n) is 5.03. The van der Waals surface area contributed by atoms with Gasteiger partial charge in [-0.05, 0) is 27.3 Å². The van der Waals surface area contributed by atoms with Crippen LogP contribution in [0.5, 0.6) is 0 Å². The fraction of sp³-hybridized carbons (Fsp3) is 1.00. The van der Waals surface area contributed by atoms with Crippen molar-refractivity contribution in [2.45, 2.75) is 52.1 Å². The van der Waals surface area contributed by atoms with Crippen molar-refractivity contribution in [2.24, 2.45) is 5.73 Å². The highest BCUT2D eigenvalue weighted by atomic mass is 15.1. The minimum Gasteiger partial charge on any atom is -0.327 e. The van der Waals surface area contributed by atoms with Crippen LogP contribution in [0.15, 0.2) is 0 Å². The first kappa shape index (κ1) is 11.9. The van der Waals surface area contributed by atoms with Crippen molar-refractivity contribution in [2.75, 3.05) is 13.6 Å². The SMILES string of the molecule is CCCCC(N)CN(C)C(C)C. The highest BCUT2D eigenvalue weighted by molar-refractivity contribution is 4.67. The van der Waals surface area contributed by atoms with Gasteiger partial charge in [-0.1, -0.05) is 19.8 Å². The van der Waals surface area contributed by atoms with Gasteiger partial charge in [0, 0.05) is 18.6 Å². The predicted molar refractivity (Wildman–Crippen MR) is 55.3 cm³/mol. The van der Waals surface area contributed by atoms with E-state index in [0.29, 0.717) is 12.1 Å². The molecule has 0 rings (SSSR count). The van der Waals surface area contributed by atoms with Crippen LogP contribution in [0.4, 0.5) is 0 Å². The zero-order chi connectivity index (χ0) is 9.56. The molecule has 74 valence electrons. The molecule has 2 N–H and O–H groups in total. The Labute approximate surface area is 77.1 Å². The van der Waals surface area contributed by atoms with Gasteiger partial charge >= 0.3 is 0 Å². The summed E-state index contributed by atoms with van der Waals surface area (Å²) in [6.07, 6.45) is 3.67. The second kappa shape index (κ2) is 6.44. The van der Waals surface area contributed by atoms with Gasteiger partial charge in [0.05, 0.1) is 0 Å². The molecule has 0 aromatic rings. The molecule has 0 aromatic carbocycles. The van der Waals surface area contributed by atoms with E-state index < -0.39 is 0 Å². The number of likely N-dealkylation sites (N-methyl/N-ethyl adjacent to an activating group) is 1. The molecular formula is C10H24N2. The maximum absolute atomic E-state index is 5.96. The van der Waals surface area contributed by atoms with E-state index in [1.807, 2.05) is 0 Å². The molecule has 1 atom stereocenters. The largest absolute Gasteiger partial charge is 0.327 e. The van der Waals surface area contributed by atoms with Crippen molar-refractivity contribution in [3.8, 4) is 0 Å². The lowest BCUT2D eigenvalue weighted by Gasteiger charge is -2.24.